The Kier molecular flexibility index (Phi) is 7.50. The number of alkyl halides is 3. The first-order valence-corrected chi connectivity index (χ1v) is 13.8. The second-order valence-electron chi connectivity index (χ2n) is 9.23. The number of hydrogen-bond donors (Lipinski definition) is 1. The van der Waals surface area contributed by atoms with Crippen molar-refractivity contribution in [2.45, 2.75) is 56.2 Å². The topological polar surface area (TPSA) is 55.4 Å². The van der Waals surface area contributed by atoms with Gasteiger partial charge in [-0.3, -0.25) is 0 Å². The molecule has 9 heteroatoms. The number of ether oxygens (including phenoxy) is 1. The molecule has 0 spiro atoms. The van der Waals surface area contributed by atoms with E-state index in [1.54, 1.807) is 0 Å². The Hall–Kier alpha value is -1.77. The molecule has 2 aromatic carbocycles. The molecule has 186 valence electrons. The largest absolute Gasteiger partial charge is 0.494 e. The minimum atomic E-state index is -4.47. The van der Waals surface area contributed by atoms with Gasteiger partial charge in [-0.15, -0.1) is 0 Å². The molecule has 2 aromatic rings. The number of hydrogen-bond acceptors (Lipinski definition) is 4. The fourth-order valence-electron chi connectivity index (χ4n) is 5.04. The van der Waals surface area contributed by atoms with Crippen molar-refractivity contribution >= 4 is 21.4 Å². The molecule has 4 nitrogen and oxygen atoms in total. The van der Waals surface area contributed by atoms with Crippen LogP contribution in [0, 0.1) is 0 Å². The van der Waals surface area contributed by atoms with E-state index in [9.17, 15) is 21.6 Å². The number of fused-ring (bicyclic) bond motifs is 1. The zero-order chi connectivity index (χ0) is 24.4. The zero-order valence-electron chi connectivity index (χ0n) is 18.8. The predicted octanol–water partition coefficient (Wildman–Crippen LogP) is 5.78. The fraction of sp³-hybridized carbons (Fsp3) is 0.520. The van der Waals surface area contributed by atoms with Crippen molar-refractivity contribution in [3.8, 4) is 5.75 Å². The van der Waals surface area contributed by atoms with Crippen molar-refractivity contribution in [1.82, 2.24) is 5.32 Å². The van der Waals surface area contributed by atoms with Gasteiger partial charge in [-0.05, 0) is 73.2 Å². The summed E-state index contributed by atoms with van der Waals surface area (Å²) in [5.74, 6) is -0.557. The van der Waals surface area contributed by atoms with Gasteiger partial charge >= 0.3 is 6.18 Å². The van der Waals surface area contributed by atoms with E-state index in [4.69, 9.17) is 16.3 Å². The van der Waals surface area contributed by atoms with Gasteiger partial charge < -0.3 is 10.1 Å². The third-order valence-electron chi connectivity index (χ3n) is 6.95. The van der Waals surface area contributed by atoms with E-state index in [1.807, 2.05) is 24.3 Å². The number of nitrogens with one attached hydrogen (secondary N) is 1. The molecule has 1 heterocycles. The number of rotatable bonds is 9. The van der Waals surface area contributed by atoms with Crippen LogP contribution in [0.4, 0.5) is 13.2 Å². The van der Waals surface area contributed by atoms with Gasteiger partial charge in [-0.2, -0.15) is 13.2 Å². The van der Waals surface area contributed by atoms with Crippen LogP contribution in [0.3, 0.4) is 0 Å². The molecular formula is C25H29ClF3NO3S. The highest BCUT2D eigenvalue weighted by Crippen LogP contribution is 2.53. The maximum absolute atomic E-state index is 12.3. The van der Waals surface area contributed by atoms with E-state index < -0.39 is 28.2 Å². The quantitative estimate of drug-likeness (QED) is 0.430. The lowest BCUT2D eigenvalue weighted by molar-refractivity contribution is -0.129. The maximum Gasteiger partial charge on any atom is 0.390 e. The van der Waals surface area contributed by atoms with Gasteiger partial charge in [-0.25, -0.2) is 8.42 Å². The van der Waals surface area contributed by atoms with E-state index >= 15 is 0 Å². The molecule has 1 unspecified atom stereocenters. The summed E-state index contributed by atoms with van der Waals surface area (Å²) in [7, 11) is -3.76. The molecule has 0 aromatic heterocycles. The summed E-state index contributed by atoms with van der Waals surface area (Å²) in [6.45, 7) is 1.02. The van der Waals surface area contributed by atoms with Crippen LogP contribution in [0.1, 0.15) is 54.8 Å². The van der Waals surface area contributed by atoms with Gasteiger partial charge in [0.1, 0.15) is 5.75 Å². The summed E-state index contributed by atoms with van der Waals surface area (Å²) in [6, 6.07) is 14.2. The average molecular weight is 516 g/mol. The Morgan fingerprint density at radius 2 is 1.82 bits per heavy atom. The smallest absolute Gasteiger partial charge is 0.390 e. The molecule has 1 N–H and O–H groups in total. The van der Waals surface area contributed by atoms with Gasteiger partial charge in [0.2, 0.25) is 0 Å². The summed E-state index contributed by atoms with van der Waals surface area (Å²) in [5.41, 5.74) is 3.72. The van der Waals surface area contributed by atoms with Crippen molar-refractivity contribution in [3.63, 3.8) is 0 Å². The third kappa shape index (κ3) is 5.89. The molecular weight excluding hydrogens is 487 g/mol. The highest BCUT2D eigenvalue weighted by atomic mass is 35.5. The van der Waals surface area contributed by atoms with Crippen LogP contribution >= 0.6 is 11.6 Å². The first-order chi connectivity index (χ1) is 16.1. The molecule has 34 heavy (non-hydrogen) atoms. The van der Waals surface area contributed by atoms with Crippen molar-refractivity contribution in [3.05, 3.63) is 64.2 Å². The zero-order valence-corrected chi connectivity index (χ0v) is 20.4. The van der Waals surface area contributed by atoms with Crippen LogP contribution in [0.2, 0.25) is 5.02 Å². The minimum Gasteiger partial charge on any atom is -0.494 e. The summed E-state index contributed by atoms with van der Waals surface area (Å²) < 4.78 is 66.4. The van der Waals surface area contributed by atoms with Gasteiger partial charge in [0.05, 0.1) is 24.5 Å². The maximum atomic E-state index is 12.3. The van der Waals surface area contributed by atoms with E-state index in [2.05, 4.69) is 23.5 Å². The lowest BCUT2D eigenvalue weighted by Gasteiger charge is -2.50. The number of halogens is 4. The molecule has 1 aliphatic carbocycles. The molecule has 0 radical (unpaired) electrons. The first-order valence-electron chi connectivity index (χ1n) is 11.6. The summed E-state index contributed by atoms with van der Waals surface area (Å²) in [6.07, 6.45) is -1.41. The molecule has 1 fully saturated rings. The highest BCUT2D eigenvalue weighted by molar-refractivity contribution is 7.91. The van der Waals surface area contributed by atoms with E-state index in [0.717, 1.165) is 32.2 Å². The molecule has 1 saturated carbocycles. The second-order valence-corrected chi connectivity index (χ2v) is 12.0. The molecule has 2 aliphatic rings. The summed E-state index contributed by atoms with van der Waals surface area (Å²) >= 11 is 6.12. The Bertz CT molecular complexity index is 1100. The average Bonchev–Trinajstić information content (AvgIpc) is 2.76. The first kappa shape index (κ1) is 25.3. The second kappa shape index (κ2) is 10.1. The monoisotopic (exact) mass is 515 g/mol. The van der Waals surface area contributed by atoms with Crippen LogP contribution in [-0.4, -0.2) is 39.3 Å². The van der Waals surface area contributed by atoms with Gasteiger partial charge in [0.15, 0.2) is 9.84 Å². The molecule has 1 atom stereocenters. The Balaban J connectivity index is 1.43. The summed E-state index contributed by atoms with van der Waals surface area (Å²) in [4.78, 5) is 0. The third-order valence-corrected chi connectivity index (χ3v) is 8.94. The van der Waals surface area contributed by atoms with E-state index in [-0.39, 0.29) is 30.2 Å². The standard InChI is InChI=1S/C25H29ClF3NO3S/c26-20-6-4-19(5-7-20)24(10-1-11-24)23-22-17-21(8-3-18(22)9-13-30-23)33-14-2-15-34(31,32)16-12-25(27,28)29/h3-8,17,23,30H,1-2,9-16H2. The van der Waals surface area contributed by atoms with Gasteiger partial charge in [0, 0.05) is 16.5 Å². The van der Waals surface area contributed by atoms with Gasteiger partial charge in [0.25, 0.3) is 0 Å². The van der Waals surface area contributed by atoms with E-state index in [0.29, 0.717) is 10.8 Å². The molecule has 0 saturated heterocycles. The molecule has 0 amide bonds. The SMILES string of the molecule is O=S(=O)(CCCOc1ccc2c(c1)C(C1(c3ccc(Cl)cc3)CCC1)NCC2)CCC(F)(F)F. The lowest BCUT2D eigenvalue weighted by atomic mass is 9.58. The predicted molar refractivity (Wildman–Crippen MR) is 127 cm³/mol. The minimum absolute atomic E-state index is 0.00898. The van der Waals surface area contributed by atoms with Crippen molar-refractivity contribution < 1.29 is 26.3 Å². The Labute approximate surface area is 203 Å². The van der Waals surface area contributed by atoms with E-state index in [1.165, 1.54) is 16.7 Å². The molecule has 4 rings (SSSR count). The van der Waals surface area contributed by atoms with Crippen molar-refractivity contribution in [2.24, 2.45) is 0 Å². The van der Waals surface area contributed by atoms with Crippen LogP contribution in [0.15, 0.2) is 42.5 Å². The number of benzene rings is 2. The highest BCUT2D eigenvalue weighted by Gasteiger charge is 2.47. The van der Waals surface area contributed by atoms with Gasteiger partial charge in [-0.1, -0.05) is 36.2 Å². The number of sulfone groups is 1. The van der Waals surface area contributed by atoms with Crippen LogP contribution in [0.5, 0.6) is 5.75 Å². The fourth-order valence-corrected chi connectivity index (χ4v) is 6.47. The Morgan fingerprint density at radius 1 is 1.09 bits per heavy atom. The normalized spacial score (nSPS) is 19.8. The molecule has 1 aliphatic heterocycles. The van der Waals surface area contributed by atoms with Crippen LogP contribution in [0.25, 0.3) is 0 Å². The lowest BCUT2D eigenvalue weighted by Crippen LogP contribution is -2.49. The Morgan fingerprint density at radius 3 is 2.47 bits per heavy atom. The van der Waals surface area contributed by atoms with Crippen LogP contribution in [-0.2, 0) is 21.7 Å². The van der Waals surface area contributed by atoms with Crippen LogP contribution < -0.4 is 10.1 Å². The van der Waals surface area contributed by atoms with Crippen molar-refractivity contribution in [2.75, 3.05) is 24.7 Å². The van der Waals surface area contributed by atoms with Crippen molar-refractivity contribution in [1.29, 1.82) is 0 Å². The summed E-state index contributed by atoms with van der Waals surface area (Å²) in [5, 5.41) is 4.43. The molecule has 0 bridgehead atoms.